The Kier molecular flexibility index (Phi) is 5.60. The number of alkyl halides is 1. The van der Waals surface area contributed by atoms with Crippen LogP contribution in [0.15, 0.2) is 30.3 Å². The molecule has 0 fully saturated rings. The predicted molar refractivity (Wildman–Crippen MR) is 97.9 cm³/mol. The summed E-state index contributed by atoms with van der Waals surface area (Å²) in [7, 11) is 1.26. The molecule has 6 nitrogen and oxygen atoms in total. The number of esters is 1. The normalized spacial score (nSPS) is 15.7. The molecule has 0 N–H and O–H groups in total. The van der Waals surface area contributed by atoms with Crippen LogP contribution in [0, 0.1) is 5.82 Å². The molecule has 0 bridgehead atoms. The fourth-order valence-corrected chi connectivity index (χ4v) is 3.12. The number of benzene rings is 1. The van der Waals surface area contributed by atoms with Crippen LogP contribution in [-0.4, -0.2) is 42.5 Å². The topological polar surface area (TPSA) is 68.7 Å². The number of carbonyl (C=O) groups is 2. The molecule has 0 saturated carbocycles. The Morgan fingerprint density at radius 1 is 1.37 bits per heavy atom. The van der Waals surface area contributed by atoms with E-state index in [1.54, 1.807) is 18.2 Å². The average molecular weight is 393 g/mol. The van der Waals surface area contributed by atoms with Crippen molar-refractivity contribution in [3.8, 4) is 5.88 Å². The van der Waals surface area contributed by atoms with Crippen LogP contribution in [-0.2, 0) is 16.0 Å². The summed E-state index contributed by atoms with van der Waals surface area (Å²) < 4.78 is 23.6. The van der Waals surface area contributed by atoms with Crippen LogP contribution in [0.1, 0.15) is 28.5 Å². The Hall–Kier alpha value is -2.67. The van der Waals surface area contributed by atoms with Gasteiger partial charge in [-0.05, 0) is 42.7 Å². The summed E-state index contributed by atoms with van der Waals surface area (Å²) in [5.41, 5.74) is 1.86. The molecule has 1 aliphatic heterocycles. The Morgan fingerprint density at radius 2 is 2.07 bits per heavy atom. The molecular formula is C19H18ClFN2O4. The minimum absolute atomic E-state index is 0.0911. The fourth-order valence-electron chi connectivity index (χ4n) is 2.99. The predicted octanol–water partition coefficient (Wildman–Crippen LogP) is 2.95. The number of fused-ring (bicyclic) bond motifs is 1. The van der Waals surface area contributed by atoms with Crippen molar-refractivity contribution in [3.63, 3.8) is 0 Å². The van der Waals surface area contributed by atoms with Crippen molar-refractivity contribution in [2.24, 2.45) is 0 Å². The van der Waals surface area contributed by atoms with Crippen molar-refractivity contribution in [1.29, 1.82) is 0 Å². The smallest absolute Gasteiger partial charge is 0.357 e. The number of aromatic nitrogens is 1. The molecule has 2 heterocycles. The zero-order chi connectivity index (χ0) is 19.6. The third-order valence-electron chi connectivity index (χ3n) is 4.28. The van der Waals surface area contributed by atoms with Crippen molar-refractivity contribution in [1.82, 2.24) is 4.98 Å². The van der Waals surface area contributed by atoms with Crippen molar-refractivity contribution in [2.75, 3.05) is 24.5 Å². The molecule has 0 saturated heterocycles. The molecular weight excluding hydrogens is 375 g/mol. The average Bonchev–Trinajstić information content (AvgIpc) is 2.68. The molecule has 3 rings (SSSR count). The van der Waals surface area contributed by atoms with Gasteiger partial charge in [0.05, 0.1) is 13.2 Å². The first kappa shape index (κ1) is 19.1. The molecule has 8 heteroatoms. The zero-order valence-electron chi connectivity index (χ0n) is 14.9. The van der Waals surface area contributed by atoms with Gasteiger partial charge >= 0.3 is 5.97 Å². The maximum absolute atomic E-state index is 13.2. The van der Waals surface area contributed by atoms with Crippen LogP contribution in [0.2, 0.25) is 0 Å². The highest BCUT2D eigenvalue weighted by molar-refractivity contribution is 6.29. The quantitative estimate of drug-likeness (QED) is 0.591. The van der Waals surface area contributed by atoms with Gasteiger partial charge in [0.25, 0.3) is 0 Å². The van der Waals surface area contributed by atoms with E-state index in [9.17, 15) is 14.0 Å². The molecule has 1 aromatic carbocycles. The molecule has 1 amide bonds. The second-order valence-electron chi connectivity index (χ2n) is 6.17. The van der Waals surface area contributed by atoms with Crippen molar-refractivity contribution in [3.05, 3.63) is 53.0 Å². The molecule has 0 radical (unpaired) electrons. The first-order valence-corrected chi connectivity index (χ1v) is 8.85. The van der Waals surface area contributed by atoms with Gasteiger partial charge in [0.15, 0.2) is 5.69 Å². The van der Waals surface area contributed by atoms with E-state index in [2.05, 4.69) is 4.98 Å². The largest absolute Gasteiger partial charge is 0.474 e. The Labute approximate surface area is 160 Å². The zero-order valence-corrected chi connectivity index (χ0v) is 15.6. The van der Waals surface area contributed by atoms with E-state index in [1.165, 1.54) is 24.1 Å². The summed E-state index contributed by atoms with van der Waals surface area (Å²) in [6.07, 6.45) is 0.308. The van der Waals surface area contributed by atoms with Crippen LogP contribution in [0.3, 0.4) is 0 Å². The monoisotopic (exact) mass is 392 g/mol. The lowest BCUT2D eigenvalue weighted by Crippen LogP contribution is -2.46. The summed E-state index contributed by atoms with van der Waals surface area (Å²) in [6.45, 7) is 2.07. The molecule has 2 aromatic rings. The van der Waals surface area contributed by atoms with E-state index >= 15 is 0 Å². The highest BCUT2D eigenvalue weighted by Crippen LogP contribution is 2.35. The number of ether oxygens (including phenoxy) is 2. The molecule has 0 aliphatic carbocycles. The second-order valence-corrected chi connectivity index (χ2v) is 6.44. The van der Waals surface area contributed by atoms with Gasteiger partial charge in [0.1, 0.15) is 24.0 Å². The molecule has 0 unspecified atom stereocenters. The number of nitrogens with zero attached hydrogens (tertiary/aromatic N) is 2. The van der Waals surface area contributed by atoms with Crippen LogP contribution in [0.25, 0.3) is 0 Å². The second kappa shape index (κ2) is 7.92. The van der Waals surface area contributed by atoms with Crippen LogP contribution >= 0.6 is 11.6 Å². The summed E-state index contributed by atoms with van der Waals surface area (Å²) in [5, 5.41) is 0. The summed E-state index contributed by atoms with van der Waals surface area (Å²) >= 11 is 5.74. The van der Waals surface area contributed by atoms with Crippen molar-refractivity contribution >= 4 is 29.2 Å². The SMILES string of the molecule is COC(=O)c1nc2c(cc1Cc1ccc(F)cc1)N(C(=O)CCl)[C@@H](C)CO2. The van der Waals surface area contributed by atoms with Gasteiger partial charge in [-0.3, -0.25) is 4.79 Å². The lowest BCUT2D eigenvalue weighted by molar-refractivity contribution is -0.117. The van der Waals surface area contributed by atoms with E-state index in [0.29, 0.717) is 17.7 Å². The highest BCUT2D eigenvalue weighted by atomic mass is 35.5. The lowest BCUT2D eigenvalue weighted by Gasteiger charge is -2.34. The number of rotatable bonds is 4. The maximum Gasteiger partial charge on any atom is 0.357 e. The number of anilines is 1. The number of pyridine rings is 1. The fraction of sp³-hybridized carbons (Fsp3) is 0.316. The molecule has 1 aromatic heterocycles. The highest BCUT2D eigenvalue weighted by Gasteiger charge is 2.32. The van der Waals surface area contributed by atoms with E-state index in [1.807, 2.05) is 6.92 Å². The third kappa shape index (κ3) is 3.88. The number of amides is 1. The summed E-state index contributed by atoms with van der Waals surface area (Å²) in [5.74, 6) is -1.26. The van der Waals surface area contributed by atoms with Crippen molar-refractivity contribution < 1.29 is 23.5 Å². The first-order valence-electron chi connectivity index (χ1n) is 8.32. The third-order valence-corrected chi connectivity index (χ3v) is 4.51. The number of hydrogen-bond donors (Lipinski definition) is 0. The number of carbonyl (C=O) groups excluding carboxylic acids is 2. The van der Waals surface area contributed by atoms with Crippen LogP contribution in [0.5, 0.6) is 5.88 Å². The molecule has 0 spiro atoms. The Balaban J connectivity index is 2.09. The maximum atomic E-state index is 13.2. The van der Waals surface area contributed by atoms with E-state index < -0.39 is 5.97 Å². The van der Waals surface area contributed by atoms with E-state index in [-0.39, 0.29) is 41.8 Å². The number of hydrogen-bond acceptors (Lipinski definition) is 5. The minimum Gasteiger partial charge on any atom is -0.474 e. The van der Waals surface area contributed by atoms with Gasteiger partial charge in [0, 0.05) is 0 Å². The molecule has 1 aliphatic rings. The van der Waals surface area contributed by atoms with E-state index in [4.69, 9.17) is 21.1 Å². The molecule has 1 atom stereocenters. The Bertz CT molecular complexity index is 873. The molecule has 142 valence electrons. The van der Waals surface area contributed by atoms with Crippen LogP contribution < -0.4 is 9.64 Å². The van der Waals surface area contributed by atoms with Gasteiger partial charge in [-0.15, -0.1) is 11.6 Å². The standard InChI is InChI=1S/C19H18ClFN2O4/c1-11-10-27-18-15(23(11)16(24)9-20)8-13(17(22-18)19(25)26-2)7-12-3-5-14(21)6-4-12/h3-6,8,11H,7,9-10H2,1-2H3/t11-/m0/s1. The lowest BCUT2D eigenvalue weighted by atomic mass is 10.0. The Morgan fingerprint density at radius 3 is 2.70 bits per heavy atom. The van der Waals surface area contributed by atoms with Gasteiger partial charge in [0.2, 0.25) is 11.8 Å². The number of methoxy groups -OCH3 is 1. The van der Waals surface area contributed by atoms with Gasteiger partial charge in [-0.25, -0.2) is 14.2 Å². The summed E-state index contributed by atoms with van der Waals surface area (Å²) in [4.78, 5) is 30.3. The number of halogens is 2. The first-order chi connectivity index (χ1) is 12.9. The molecule has 27 heavy (non-hydrogen) atoms. The summed E-state index contributed by atoms with van der Waals surface area (Å²) in [6, 6.07) is 7.37. The van der Waals surface area contributed by atoms with E-state index in [0.717, 1.165) is 5.56 Å². The van der Waals surface area contributed by atoms with Gasteiger partial charge in [-0.2, -0.15) is 0 Å². The van der Waals surface area contributed by atoms with Gasteiger partial charge < -0.3 is 14.4 Å². The van der Waals surface area contributed by atoms with Gasteiger partial charge in [-0.1, -0.05) is 12.1 Å². The van der Waals surface area contributed by atoms with Crippen LogP contribution in [0.4, 0.5) is 10.1 Å². The van der Waals surface area contributed by atoms with Crippen molar-refractivity contribution in [2.45, 2.75) is 19.4 Å². The minimum atomic E-state index is -0.618.